The lowest BCUT2D eigenvalue weighted by Crippen LogP contribution is -2.07. The van der Waals surface area contributed by atoms with Crippen molar-refractivity contribution in [3.05, 3.63) is 0 Å². The van der Waals surface area contributed by atoms with Gasteiger partial charge < -0.3 is 0 Å². The van der Waals surface area contributed by atoms with Gasteiger partial charge in [-0.3, -0.25) is 0 Å². The molecule has 74 valence electrons. The van der Waals surface area contributed by atoms with Crippen molar-refractivity contribution in [3.8, 4) is 0 Å². The summed E-state index contributed by atoms with van der Waals surface area (Å²) in [5, 5.41) is 0. The van der Waals surface area contributed by atoms with E-state index in [1.807, 2.05) is 21.6 Å². The molecule has 0 radical (unpaired) electrons. The fourth-order valence-corrected chi connectivity index (χ4v) is 3.55. The molecule has 0 saturated carbocycles. The van der Waals surface area contributed by atoms with Crippen molar-refractivity contribution >= 4 is 31.4 Å². The second-order valence-electron chi connectivity index (χ2n) is 3.56. The van der Waals surface area contributed by atoms with E-state index in [0.29, 0.717) is 4.75 Å². The summed E-state index contributed by atoms with van der Waals surface area (Å²) in [6, 6.07) is 0. The lowest BCUT2D eigenvalue weighted by Gasteiger charge is -2.11. The third-order valence-corrected chi connectivity index (χ3v) is 4.42. The third-order valence-electron chi connectivity index (χ3n) is 1.07. The molecule has 0 aromatic carbocycles. The number of sulfone groups is 1. The highest BCUT2D eigenvalue weighted by atomic mass is 33.1. The zero-order valence-corrected chi connectivity index (χ0v) is 10.4. The van der Waals surface area contributed by atoms with E-state index in [4.69, 9.17) is 0 Å². The Morgan fingerprint density at radius 1 is 1.25 bits per heavy atom. The van der Waals surface area contributed by atoms with Crippen LogP contribution in [-0.4, -0.2) is 31.4 Å². The molecule has 0 unspecified atom stereocenters. The standard InChI is InChI=1S/C5H10S2.C2H6O2S/c1-5(2)3-4-6-7-5;1-5(2,3)4/h3-4H2,1-2H3;1-2H3. The van der Waals surface area contributed by atoms with Gasteiger partial charge in [-0.05, 0) is 20.3 Å². The Labute approximate surface area is 83.2 Å². The lowest BCUT2D eigenvalue weighted by molar-refractivity contribution is 0.607. The quantitative estimate of drug-likeness (QED) is 0.595. The average molecular weight is 228 g/mol. The van der Waals surface area contributed by atoms with Gasteiger partial charge in [0.15, 0.2) is 0 Å². The molecule has 1 rings (SSSR count). The van der Waals surface area contributed by atoms with Crippen LogP contribution in [-0.2, 0) is 9.84 Å². The molecular weight excluding hydrogens is 212 g/mol. The van der Waals surface area contributed by atoms with Crippen molar-refractivity contribution in [3.63, 3.8) is 0 Å². The van der Waals surface area contributed by atoms with Gasteiger partial charge in [0, 0.05) is 23.0 Å². The van der Waals surface area contributed by atoms with Crippen LogP contribution in [0, 0.1) is 0 Å². The topological polar surface area (TPSA) is 34.1 Å². The number of hydrogen-bond donors (Lipinski definition) is 0. The molecule has 0 amide bonds. The summed E-state index contributed by atoms with van der Waals surface area (Å²) in [6.45, 7) is 4.61. The zero-order chi connectivity index (χ0) is 9.83. The van der Waals surface area contributed by atoms with Crippen molar-refractivity contribution in [2.24, 2.45) is 0 Å². The summed E-state index contributed by atoms with van der Waals surface area (Å²) in [5.41, 5.74) is 0. The second kappa shape index (κ2) is 4.77. The van der Waals surface area contributed by atoms with E-state index in [1.54, 1.807) is 0 Å². The molecule has 0 aromatic rings. The lowest BCUT2D eigenvalue weighted by atomic mass is 10.1. The highest BCUT2D eigenvalue weighted by molar-refractivity contribution is 8.77. The van der Waals surface area contributed by atoms with Gasteiger partial charge in [0.05, 0.1) is 0 Å². The van der Waals surface area contributed by atoms with Crippen molar-refractivity contribution in [2.45, 2.75) is 25.0 Å². The Hall–Kier alpha value is 0.650. The summed E-state index contributed by atoms with van der Waals surface area (Å²) >= 11 is 0. The Kier molecular flexibility index (Phi) is 5.02. The maximum Gasteiger partial charge on any atom is 0.144 e. The van der Waals surface area contributed by atoms with Gasteiger partial charge in [-0.15, -0.1) is 0 Å². The second-order valence-corrected chi connectivity index (χ2v) is 8.97. The van der Waals surface area contributed by atoms with Crippen molar-refractivity contribution in [1.82, 2.24) is 0 Å². The maximum atomic E-state index is 9.63. The van der Waals surface area contributed by atoms with Crippen LogP contribution in [0.3, 0.4) is 0 Å². The Morgan fingerprint density at radius 2 is 1.67 bits per heavy atom. The first-order valence-electron chi connectivity index (χ1n) is 3.66. The summed E-state index contributed by atoms with van der Waals surface area (Å²) in [5.74, 6) is 1.34. The van der Waals surface area contributed by atoms with Gasteiger partial charge in [-0.2, -0.15) is 0 Å². The summed E-state index contributed by atoms with van der Waals surface area (Å²) in [6.07, 6.45) is 3.70. The first-order valence-corrected chi connectivity index (χ1v) is 8.28. The van der Waals surface area contributed by atoms with Crippen LogP contribution in [0.1, 0.15) is 20.3 Å². The molecule has 1 heterocycles. The van der Waals surface area contributed by atoms with Gasteiger partial charge in [-0.1, -0.05) is 21.6 Å². The highest BCUT2D eigenvalue weighted by Crippen LogP contribution is 2.45. The van der Waals surface area contributed by atoms with Crippen molar-refractivity contribution < 1.29 is 8.42 Å². The van der Waals surface area contributed by atoms with E-state index in [9.17, 15) is 8.42 Å². The van der Waals surface area contributed by atoms with Crippen molar-refractivity contribution in [2.75, 3.05) is 18.3 Å². The number of rotatable bonds is 0. The number of hydrogen-bond acceptors (Lipinski definition) is 4. The fraction of sp³-hybridized carbons (Fsp3) is 1.00. The molecular formula is C7H16O2S3. The summed E-state index contributed by atoms with van der Waals surface area (Å²) in [4.78, 5) is 0. The Bertz CT molecular complexity index is 203. The van der Waals surface area contributed by atoms with Gasteiger partial charge in [0.2, 0.25) is 0 Å². The van der Waals surface area contributed by atoms with Crippen LogP contribution in [0.5, 0.6) is 0 Å². The average Bonchev–Trinajstić information content (AvgIpc) is 2.08. The maximum absolute atomic E-state index is 9.63. The van der Waals surface area contributed by atoms with E-state index >= 15 is 0 Å². The monoisotopic (exact) mass is 228 g/mol. The van der Waals surface area contributed by atoms with E-state index in [1.165, 1.54) is 12.2 Å². The summed E-state index contributed by atoms with van der Waals surface area (Å²) in [7, 11) is 1.35. The molecule has 1 fully saturated rings. The summed E-state index contributed by atoms with van der Waals surface area (Å²) < 4.78 is 19.8. The zero-order valence-electron chi connectivity index (χ0n) is 7.96. The van der Waals surface area contributed by atoms with Crippen LogP contribution >= 0.6 is 21.6 Å². The van der Waals surface area contributed by atoms with Crippen LogP contribution in [0.2, 0.25) is 0 Å². The van der Waals surface area contributed by atoms with Gasteiger partial charge in [0.25, 0.3) is 0 Å². The Balaban J connectivity index is 0.000000217. The van der Waals surface area contributed by atoms with Gasteiger partial charge >= 0.3 is 0 Å². The molecule has 5 heteroatoms. The minimum absolute atomic E-state index is 0.574. The highest BCUT2D eigenvalue weighted by Gasteiger charge is 2.23. The predicted molar refractivity (Wildman–Crippen MR) is 59.5 cm³/mol. The van der Waals surface area contributed by atoms with Crippen molar-refractivity contribution in [1.29, 1.82) is 0 Å². The molecule has 1 saturated heterocycles. The molecule has 0 aliphatic carbocycles. The third kappa shape index (κ3) is 10.7. The molecule has 1 aliphatic heterocycles. The van der Waals surface area contributed by atoms with E-state index < -0.39 is 9.84 Å². The van der Waals surface area contributed by atoms with Crippen LogP contribution in [0.25, 0.3) is 0 Å². The molecule has 2 nitrogen and oxygen atoms in total. The van der Waals surface area contributed by atoms with Crippen LogP contribution in [0.15, 0.2) is 0 Å². The Morgan fingerprint density at radius 3 is 1.75 bits per heavy atom. The molecule has 0 aromatic heterocycles. The molecule has 0 atom stereocenters. The molecule has 1 aliphatic rings. The molecule has 0 N–H and O–H groups in total. The molecule has 0 spiro atoms. The first-order chi connectivity index (χ1) is 5.21. The predicted octanol–water partition coefficient (Wildman–Crippen LogP) is 2.21. The van der Waals surface area contributed by atoms with Crippen LogP contribution < -0.4 is 0 Å². The van der Waals surface area contributed by atoms with E-state index in [-0.39, 0.29) is 0 Å². The minimum atomic E-state index is -2.67. The smallest absolute Gasteiger partial charge is 0.144 e. The normalized spacial score (nSPS) is 21.3. The largest absolute Gasteiger partial charge is 0.229 e. The molecule has 0 bridgehead atoms. The van der Waals surface area contributed by atoms with Gasteiger partial charge in [-0.25, -0.2) is 8.42 Å². The van der Waals surface area contributed by atoms with E-state index in [0.717, 1.165) is 12.5 Å². The minimum Gasteiger partial charge on any atom is -0.229 e. The fourth-order valence-electron chi connectivity index (χ4n) is 0.530. The van der Waals surface area contributed by atoms with E-state index in [2.05, 4.69) is 13.8 Å². The van der Waals surface area contributed by atoms with Crippen LogP contribution in [0.4, 0.5) is 0 Å². The molecule has 12 heavy (non-hydrogen) atoms. The SMILES string of the molecule is CC1(C)CCSS1.CS(C)(=O)=O. The first kappa shape index (κ1) is 12.7. The van der Waals surface area contributed by atoms with Gasteiger partial charge in [0.1, 0.15) is 9.84 Å².